The molecule has 0 saturated heterocycles. The van der Waals surface area contributed by atoms with Gasteiger partial charge >= 0.3 is 0 Å². The number of rotatable bonds is 4. The van der Waals surface area contributed by atoms with Gasteiger partial charge in [-0.05, 0) is 80.9 Å². The summed E-state index contributed by atoms with van der Waals surface area (Å²) in [6.07, 6.45) is 6.00. The van der Waals surface area contributed by atoms with E-state index < -0.39 is 6.10 Å². The molecule has 4 fully saturated rings. The molecule has 0 aromatic heterocycles. The highest BCUT2D eigenvalue weighted by Gasteiger charge is 2.48. The lowest BCUT2D eigenvalue weighted by Crippen LogP contribution is -2.57. The molecule has 0 aliphatic heterocycles. The monoisotopic (exact) mass is 367 g/mol. The Morgan fingerprint density at radius 2 is 1.75 bits per heavy atom. The van der Waals surface area contributed by atoms with E-state index in [1.54, 1.807) is 25.1 Å². The molecule has 1 atom stereocenters. The summed E-state index contributed by atoms with van der Waals surface area (Å²) >= 11 is 12.0. The maximum Gasteiger partial charge on any atom is 0.261 e. The summed E-state index contributed by atoms with van der Waals surface area (Å²) in [7, 11) is 0. The lowest BCUT2D eigenvalue weighted by atomic mass is 9.54. The summed E-state index contributed by atoms with van der Waals surface area (Å²) in [5.41, 5.74) is 0. The summed E-state index contributed by atoms with van der Waals surface area (Å²) in [4.78, 5) is 12.6. The van der Waals surface area contributed by atoms with Crippen molar-refractivity contribution in [3.8, 4) is 5.75 Å². The third kappa shape index (κ3) is 3.13. The summed E-state index contributed by atoms with van der Waals surface area (Å²) in [6, 6.07) is 5.38. The normalized spacial score (nSPS) is 34.9. The first-order chi connectivity index (χ1) is 11.5. The molecular weight excluding hydrogens is 345 g/mol. The summed E-state index contributed by atoms with van der Waals surface area (Å²) in [5, 5.41) is 4.26. The van der Waals surface area contributed by atoms with Crippen LogP contribution in [0.5, 0.6) is 5.75 Å². The van der Waals surface area contributed by atoms with Gasteiger partial charge in [0.1, 0.15) is 5.75 Å². The van der Waals surface area contributed by atoms with Crippen LogP contribution in [0.25, 0.3) is 0 Å². The fourth-order valence-electron chi connectivity index (χ4n) is 5.26. The van der Waals surface area contributed by atoms with Crippen LogP contribution in [0, 0.1) is 23.7 Å². The Bertz CT molecular complexity index is 620. The average molecular weight is 368 g/mol. The zero-order valence-corrected chi connectivity index (χ0v) is 15.3. The highest BCUT2D eigenvalue weighted by Crippen LogP contribution is 2.53. The largest absolute Gasteiger partial charge is 0.479 e. The van der Waals surface area contributed by atoms with Gasteiger partial charge in [0, 0.05) is 11.1 Å². The fraction of sp³-hybridized carbons (Fsp3) is 0.632. The molecule has 4 aliphatic rings. The number of hydrogen-bond donors (Lipinski definition) is 1. The molecule has 0 heterocycles. The van der Waals surface area contributed by atoms with Crippen molar-refractivity contribution in [2.24, 2.45) is 23.7 Å². The number of halogens is 2. The van der Waals surface area contributed by atoms with Crippen molar-refractivity contribution in [2.45, 2.75) is 51.2 Å². The Labute approximate surface area is 153 Å². The van der Waals surface area contributed by atoms with E-state index >= 15 is 0 Å². The van der Waals surface area contributed by atoms with Crippen molar-refractivity contribution in [1.29, 1.82) is 0 Å². The van der Waals surface area contributed by atoms with Crippen LogP contribution in [0.15, 0.2) is 18.2 Å². The van der Waals surface area contributed by atoms with Gasteiger partial charge in [-0.1, -0.05) is 23.2 Å². The first kappa shape index (κ1) is 16.5. The minimum absolute atomic E-state index is 0.0431. The van der Waals surface area contributed by atoms with Gasteiger partial charge in [-0.2, -0.15) is 0 Å². The second-order valence-electron chi connectivity index (χ2n) is 7.80. The van der Waals surface area contributed by atoms with Crippen LogP contribution in [0.2, 0.25) is 10.0 Å². The summed E-state index contributed by atoms with van der Waals surface area (Å²) in [6.45, 7) is 1.77. The van der Waals surface area contributed by atoms with Gasteiger partial charge < -0.3 is 10.1 Å². The molecule has 1 N–H and O–H groups in total. The van der Waals surface area contributed by atoms with Crippen molar-refractivity contribution in [1.82, 2.24) is 5.32 Å². The Kier molecular flexibility index (Phi) is 4.42. The third-order valence-corrected chi connectivity index (χ3v) is 6.63. The smallest absolute Gasteiger partial charge is 0.261 e. The highest BCUT2D eigenvalue weighted by molar-refractivity contribution is 6.35. The SMILES string of the molecule is CC(Oc1ccc(Cl)cc1Cl)C(=O)NC1C2CC3CC(C2)CC1C3. The Morgan fingerprint density at radius 3 is 2.33 bits per heavy atom. The molecule has 3 nitrogen and oxygen atoms in total. The molecule has 1 aromatic rings. The van der Waals surface area contributed by atoms with E-state index in [1.807, 2.05) is 0 Å². The molecule has 4 bridgehead atoms. The molecule has 1 amide bonds. The first-order valence-electron chi connectivity index (χ1n) is 8.91. The van der Waals surface area contributed by atoms with E-state index in [0.717, 1.165) is 11.8 Å². The summed E-state index contributed by atoms with van der Waals surface area (Å²) < 4.78 is 5.75. The topological polar surface area (TPSA) is 38.3 Å². The maximum absolute atomic E-state index is 12.6. The van der Waals surface area contributed by atoms with Crippen molar-refractivity contribution < 1.29 is 9.53 Å². The zero-order chi connectivity index (χ0) is 16.8. The van der Waals surface area contributed by atoms with Crippen molar-refractivity contribution >= 4 is 29.1 Å². The van der Waals surface area contributed by atoms with Gasteiger partial charge in [-0.3, -0.25) is 4.79 Å². The van der Waals surface area contributed by atoms with E-state index in [2.05, 4.69) is 5.32 Å². The number of hydrogen-bond acceptors (Lipinski definition) is 2. The van der Waals surface area contributed by atoms with Crippen molar-refractivity contribution in [3.63, 3.8) is 0 Å². The van der Waals surface area contributed by atoms with Crippen LogP contribution in [-0.2, 0) is 4.79 Å². The molecule has 0 radical (unpaired) electrons. The van der Waals surface area contributed by atoms with E-state index in [1.165, 1.54) is 32.1 Å². The fourth-order valence-corrected chi connectivity index (χ4v) is 5.71. The molecule has 5 rings (SSSR count). The third-order valence-electron chi connectivity index (χ3n) is 6.10. The van der Waals surface area contributed by atoms with Crippen LogP contribution in [-0.4, -0.2) is 18.1 Å². The average Bonchev–Trinajstić information content (AvgIpc) is 2.52. The van der Waals surface area contributed by atoms with Crippen LogP contribution >= 0.6 is 23.2 Å². The quantitative estimate of drug-likeness (QED) is 0.837. The van der Waals surface area contributed by atoms with Gasteiger partial charge in [0.25, 0.3) is 5.91 Å². The first-order valence-corrected chi connectivity index (χ1v) is 9.67. The standard InChI is InChI=1S/C19H23Cl2NO2/c1-10(24-17-3-2-15(20)9-16(17)21)19(23)22-18-13-5-11-4-12(7-13)8-14(18)6-11/h2-3,9-14,18H,4-8H2,1H3,(H,22,23). The predicted molar refractivity (Wildman–Crippen MR) is 95.5 cm³/mol. The van der Waals surface area contributed by atoms with E-state index in [-0.39, 0.29) is 5.91 Å². The van der Waals surface area contributed by atoms with Gasteiger partial charge in [-0.15, -0.1) is 0 Å². The minimum Gasteiger partial charge on any atom is -0.479 e. The number of carbonyl (C=O) groups excluding carboxylic acids is 1. The Hall–Kier alpha value is -0.930. The number of amides is 1. The number of carbonyl (C=O) groups is 1. The van der Waals surface area contributed by atoms with E-state index in [9.17, 15) is 4.79 Å². The van der Waals surface area contributed by atoms with Crippen LogP contribution in [0.4, 0.5) is 0 Å². The number of benzene rings is 1. The Balaban J connectivity index is 1.39. The second-order valence-corrected chi connectivity index (χ2v) is 8.64. The molecule has 1 aromatic carbocycles. The van der Waals surface area contributed by atoms with Crippen LogP contribution in [0.1, 0.15) is 39.0 Å². The van der Waals surface area contributed by atoms with Crippen LogP contribution in [0.3, 0.4) is 0 Å². The second kappa shape index (κ2) is 6.42. The molecular formula is C19H23Cl2NO2. The van der Waals surface area contributed by atoms with Gasteiger partial charge in [0.15, 0.2) is 6.10 Å². The Morgan fingerprint density at radius 1 is 1.12 bits per heavy atom. The predicted octanol–water partition coefficient (Wildman–Crippen LogP) is 4.70. The number of nitrogens with one attached hydrogen (secondary N) is 1. The number of ether oxygens (including phenoxy) is 1. The van der Waals surface area contributed by atoms with Gasteiger partial charge in [0.2, 0.25) is 0 Å². The molecule has 24 heavy (non-hydrogen) atoms. The van der Waals surface area contributed by atoms with Crippen LogP contribution < -0.4 is 10.1 Å². The molecule has 5 heteroatoms. The highest BCUT2D eigenvalue weighted by atomic mass is 35.5. The molecule has 1 unspecified atom stereocenters. The zero-order valence-electron chi connectivity index (χ0n) is 13.8. The van der Waals surface area contributed by atoms with E-state index in [4.69, 9.17) is 27.9 Å². The minimum atomic E-state index is -0.569. The van der Waals surface area contributed by atoms with E-state index in [0.29, 0.717) is 33.7 Å². The lowest BCUT2D eigenvalue weighted by molar-refractivity contribution is -0.131. The maximum atomic E-state index is 12.6. The van der Waals surface area contributed by atoms with Crippen molar-refractivity contribution in [3.05, 3.63) is 28.2 Å². The lowest BCUT2D eigenvalue weighted by Gasteiger charge is -2.54. The molecule has 4 saturated carbocycles. The molecule has 0 spiro atoms. The van der Waals surface area contributed by atoms with Crippen molar-refractivity contribution in [2.75, 3.05) is 0 Å². The van der Waals surface area contributed by atoms with Gasteiger partial charge in [0.05, 0.1) is 5.02 Å². The molecule has 4 aliphatic carbocycles. The summed E-state index contributed by atoms with van der Waals surface area (Å²) in [5.74, 6) is 3.59. The molecule has 130 valence electrons. The van der Waals surface area contributed by atoms with Gasteiger partial charge in [-0.25, -0.2) is 0 Å².